The minimum absolute atomic E-state index is 0.182. The number of carbonyl (C=O) groups is 1. The van der Waals surface area contributed by atoms with Crippen molar-refractivity contribution < 1.29 is 13.9 Å². The largest absolute Gasteiger partial charge is 0.489 e. The van der Waals surface area contributed by atoms with Crippen LogP contribution in [0, 0.1) is 5.82 Å². The summed E-state index contributed by atoms with van der Waals surface area (Å²) in [5.74, 6) is 0.181. The number of hydrogen-bond acceptors (Lipinski definition) is 3. The van der Waals surface area contributed by atoms with E-state index in [1.807, 2.05) is 4.90 Å². The van der Waals surface area contributed by atoms with Gasteiger partial charge in [-0.05, 0) is 44.4 Å². The summed E-state index contributed by atoms with van der Waals surface area (Å²) < 4.78 is 19.2. The molecule has 3 rings (SSSR count). The number of halogens is 1. The van der Waals surface area contributed by atoms with Crippen molar-refractivity contribution in [3.8, 4) is 5.75 Å². The number of hydrogen-bond donors (Lipinski definition) is 0. The molecule has 0 N–H and O–H groups in total. The number of nitrogens with zero attached hydrogens (tertiary/aromatic N) is 2. The number of para-hydroxylation sites is 1. The van der Waals surface area contributed by atoms with E-state index in [1.165, 1.54) is 6.07 Å². The molecule has 2 fully saturated rings. The molecule has 1 aromatic carbocycles. The third kappa shape index (κ3) is 3.66. The molecule has 0 unspecified atom stereocenters. The van der Waals surface area contributed by atoms with E-state index in [1.54, 1.807) is 25.1 Å². The summed E-state index contributed by atoms with van der Waals surface area (Å²) >= 11 is 0. The van der Waals surface area contributed by atoms with E-state index >= 15 is 0 Å². The SMILES string of the molecule is CC(=O)N1CCC[C@H]1[C@H]1CCCN1CCOc1ccccc1F. The molecular formula is C18H25FN2O2. The van der Waals surface area contributed by atoms with Crippen molar-refractivity contribution in [2.75, 3.05) is 26.2 Å². The standard InChI is InChI=1S/C18H25FN2O2/c1-14(22)21-11-5-8-17(21)16-7-4-10-20(16)12-13-23-18-9-3-2-6-15(18)19/h2-3,6,9,16-17H,4-5,7-8,10-13H2,1H3/t16-,17+/m1/s1. The second-order valence-electron chi connectivity index (χ2n) is 6.45. The number of amides is 1. The van der Waals surface area contributed by atoms with Gasteiger partial charge in [-0.15, -0.1) is 0 Å². The first-order valence-electron chi connectivity index (χ1n) is 8.55. The molecule has 23 heavy (non-hydrogen) atoms. The van der Waals surface area contributed by atoms with Crippen LogP contribution < -0.4 is 4.74 Å². The fourth-order valence-corrected chi connectivity index (χ4v) is 3.98. The third-order valence-electron chi connectivity index (χ3n) is 5.03. The Morgan fingerprint density at radius 2 is 1.96 bits per heavy atom. The second-order valence-corrected chi connectivity index (χ2v) is 6.45. The highest BCUT2D eigenvalue weighted by Gasteiger charge is 2.38. The minimum atomic E-state index is -0.316. The monoisotopic (exact) mass is 320 g/mol. The zero-order valence-electron chi connectivity index (χ0n) is 13.7. The van der Waals surface area contributed by atoms with Crippen molar-refractivity contribution in [1.82, 2.24) is 9.80 Å². The molecule has 1 amide bonds. The van der Waals surface area contributed by atoms with Crippen LogP contribution in [0.5, 0.6) is 5.75 Å². The Balaban J connectivity index is 1.55. The van der Waals surface area contributed by atoms with Gasteiger partial charge in [-0.1, -0.05) is 12.1 Å². The lowest BCUT2D eigenvalue weighted by Gasteiger charge is -2.34. The zero-order chi connectivity index (χ0) is 16.2. The fraction of sp³-hybridized carbons (Fsp3) is 0.611. The van der Waals surface area contributed by atoms with Gasteiger partial charge in [0.15, 0.2) is 11.6 Å². The summed E-state index contributed by atoms with van der Waals surface area (Å²) in [6.45, 7) is 4.84. The summed E-state index contributed by atoms with van der Waals surface area (Å²) in [5, 5.41) is 0. The lowest BCUT2D eigenvalue weighted by molar-refractivity contribution is -0.130. The van der Waals surface area contributed by atoms with E-state index in [-0.39, 0.29) is 11.7 Å². The van der Waals surface area contributed by atoms with Crippen LogP contribution in [0.15, 0.2) is 24.3 Å². The Morgan fingerprint density at radius 1 is 1.22 bits per heavy atom. The molecule has 0 bridgehead atoms. The van der Waals surface area contributed by atoms with Crippen LogP contribution in [-0.4, -0.2) is 54.0 Å². The van der Waals surface area contributed by atoms with E-state index < -0.39 is 0 Å². The maximum Gasteiger partial charge on any atom is 0.219 e. The van der Waals surface area contributed by atoms with Crippen molar-refractivity contribution in [3.63, 3.8) is 0 Å². The van der Waals surface area contributed by atoms with Crippen LogP contribution in [0.3, 0.4) is 0 Å². The van der Waals surface area contributed by atoms with Gasteiger partial charge in [0.2, 0.25) is 5.91 Å². The summed E-state index contributed by atoms with van der Waals surface area (Å²) in [4.78, 5) is 16.2. The summed E-state index contributed by atoms with van der Waals surface area (Å²) in [6.07, 6.45) is 4.48. The van der Waals surface area contributed by atoms with Gasteiger partial charge < -0.3 is 9.64 Å². The van der Waals surface area contributed by atoms with Crippen LogP contribution in [0.4, 0.5) is 4.39 Å². The summed E-state index contributed by atoms with van der Waals surface area (Å²) in [5.41, 5.74) is 0. The molecule has 2 heterocycles. The Labute approximate surface area is 137 Å². The van der Waals surface area contributed by atoms with Crippen molar-refractivity contribution in [2.45, 2.75) is 44.7 Å². The normalized spacial score (nSPS) is 25.0. The maximum absolute atomic E-state index is 13.6. The van der Waals surface area contributed by atoms with E-state index in [2.05, 4.69) is 4.90 Å². The highest BCUT2D eigenvalue weighted by atomic mass is 19.1. The van der Waals surface area contributed by atoms with Crippen molar-refractivity contribution in [1.29, 1.82) is 0 Å². The molecule has 126 valence electrons. The van der Waals surface area contributed by atoms with Gasteiger partial charge in [-0.2, -0.15) is 0 Å². The Bertz CT molecular complexity index is 552. The fourth-order valence-electron chi connectivity index (χ4n) is 3.98. The van der Waals surface area contributed by atoms with Crippen LogP contribution in [0.1, 0.15) is 32.6 Å². The smallest absolute Gasteiger partial charge is 0.219 e. The molecule has 2 aliphatic heterocycles. The van der Waals surface area contributed by atoms with Gasteiger partial charge in [-0.25, -0.2) is 4.39 Å². The van der Waals surface area contributed by atoms with Gasteiger partial charge in [-0.3, -0.25) is 9.69 Å². The quantitative estimate of drug-likeness (QED) is 0.836. The van der Waals surface area contributed by atoms with Crippen LogP contribution in [0.25, 0.3) is 0 Å². The second kappa shape index (κ2) is 7.30. The summed E-state index contributed by atoms with van der Waals surface area (Å²) in [7, 11) is 0. The molecule has 4 nitrogen and oxygen atoms in total. The molecule has 0 aliphatic carbocycles. The molecule has 0 saturated carbocycles. The van der Waals surface area contributed by atoms with Gasteiger partial charge >= 0.3 is 0 Å². The van der Waals surface area contributed by atoms with Crippen LogP contribution >= 0.6 is 0 Å². The average molecular weight is 320 g/mol. The van der Waals surface area contributed by atoms with E-state index in [0.717, 1.165) is 45.3 Å². The van der Waals surface area contributed by atoms with Gasteiger partial charge in [0, 0.05) is 32.1 Å². The molecule has 0 spiro atoms. The Morgan fingerprint density at radius 3 is 2.74 bits per heavy atom. The van der Waals surface area contributed by atoms with Gasteiger partial charge in [0.05, 0.1) is 0 Å². The number of rotatable bonds is 5. The molecule has 2 atom stereocenters. The van der Waals surface area contributed by atoms with Crippen LogP contribution in [0.2, 0.25) is 0 Å². The molecule has 1 aromatic rings. The minimum Gasteiger partial charge on any atom is -0.489 e. The molecule has 5 heteroatoms. The predicted octanol–water partition coefficient (Wildman–Crippen LogP) is 2.68. The summed E-state index contributed by atoms with van der Waals surface area (Å²) in [6, 6.07) is 7.27. The predicted molar refractivity (Wildman–Crippen MR) is 86.9 cm³/mol. The topological polar surface area (TPSA) is 32.8 Å². The first kappa shape index (κ1) is 16.2. The number of carbonyl (C=O) groups excluding carboxylic acids is 1. The van der Waals surface area contributed by atoms with E-state index in [4.69, 9.17) is 4.74 Å². The lowest BCUT2D eigenvalue weighted by atomic mass is 10.0. The van der Waals surface area contributed by atoms with E-state index in [9.17, 15) is 9.18 Å². The maximum atomic E-state index is 13.6. The molecule has 0 aromatic heterocycles. The molecule has 2 saturated heterocycles. The zero-order valence-corrected chi connectivity index (χ0v) is 13.7. The third-order valence-corrected chi connectivity index (χ3v) is 5.03. The number of benzene rings is 1. The van der Waals surface area contributed by atoms with Gasteiger partial charge in [0.1, 0.15) is 6.61 Å². The van der Waals surface area contributed by atoms with Crippen LogP contribution in [-0.2, 0) is 4.79 Å². The van der Waals surface area contributed by atoms with Crippen molar-refractivity contribution in [3.05, 3.63) is 30.1 Å². The lowest BCUT2D eigenvalue weighted by Crippen LogP contribution is -2.48. The van der Waals surface area contributed by atoms with Crippen molar-refractivity contribution >= 4 is 5.91 Å². The highest BCUT2D eigenvalue weighted by molar-refractivity contribution is 5.74. The average Bonchev–Trinajstić information content (AvgIpc) is 3.17. The highest BCUT2D eigenvalue weighted by Crippen LogP contribution is 2.30. The first-order chi connectivity index (χ1) is 11.2. The number of ether oxygens (including phenoxy) is 1. The van der Waals surface area contributed by atoms with E-state index in [0.29, 0.717) is 24.4 Å². The van der Waals surface area contributed by atoms with Crippen molar-refractivity contribution in [2.24, 2.45) is 0 Å². The molecule has 0 radical (unpaired) electrons. The Hall–Kier alpha value is -1.62. The molecular weight excluding hydrogens is 295 g/mol. The number of likely N-dealkylation sites (tertiary alicyclic amines) is 2. The van der Waals surface area contributed by atoms with Gasteiger partial charge in [0.25, 0.3) is 0 Å². The molecule has 2 aliphatic rings. The first-order valence-corrected chi connectivity index (χ1v) is 8.55. The Kier molecular flexibility index (Phi) is 5.16.